The van der Waals surface area contributed by atoms with Crippen molar-refractivity contribution in [1.82, 2.24) is 5.48 Å². The highest BCUT2D eigenvalue weighted by molar-refractivity contribution is 6.33. The molecule has 1 fully saturated rings. The van der Waals surface area contributed by atoms with Gasteiger partial charge in [0.2, 0.25) is 0 Å². The predicted octanol–water partition coefficient (Wildman–Crippen LogP) is 1.70. The Bertz CT molecular complexity index is 1160. The maximum Gasteiger partial charge on any atom is 0.271 e. The highest BCUT2D eigenvalue weighted by atomic mass is 16.7. The summed E-state index contributed by atoms with van der Waals surface area (Å²) >= 11 is 0. The fourth-order valence-electron chi connectivity index (χ4n) is 3.28. The van der Waals surface area contributed by atoms with Gasteiger partial charge in [-0.15, -0.1) is 0 Å². The summed E-state index contributed by atoms with van der Waals surface area (Å²) in [6.45, 7) is 0. The number of carbonyl (C=O) groups excluding carboxylic acids is 2. The number of ether oxygens (including phenoxy) is 1. The number of hydrogen-bond donors (Lipinski definition) is 1. The van der Waals surface area contributed by atoms with Crippen LogP contribution in [0.3, 0.4) is 0 Å². The topological polar surface area (TPSA) is 154 Å². The summed E-state index contributed by atoms with van der Waals surface area (Å²) in [4.78, 5) is 52.9. The normalized spacial score (nSPS) is 17.8. The molecule has 1 atom stereocenters. The van der Waals surface area contributed by atoms with Crippen molar-refractivity contribution in [3.63, 3.8) is 0 Å². The van der Waals surface area contributed by atoms with Gasteiger partial charge in [-0.1, -0.05) is 12.1 Å². The Balaban J connectivity index is 1.83. The molecular formula is C18H12N4O8. The SMILES string of the molecule is COc1ccc([N+](=O)[O-])cc1N1C(=O)C2=C(c3cccc([N+](=O)[O-])c3)NO[C@H]2C1=O. The number of anilines is 1. The number of benzene rings is 2. The second-order valence-electron chi connectivity index (χ2n) is 6.29. The number of nitro benzene ring substituents is 2. The largest absolute Gasteiger partial charge is 0.495 e. The van der Waals surface area contributed by atoms with E-state index in [-0.39, 0.29) is 39.6 Å². The Morgan fingerprint density at radius 1 is 1.07 bits per heavy atom. The molecule has 0 aliphatic carbocycles. The molecule has 0 saturated carbocycles. The molecule has 2 amide bonds. The van der Waals surface area contributed by atoms with Gasteiger partial charge in [0, 0.05) is 29.8 Å². The molecule has 0 aromatic heterocycles. The number of fused-ring (bicyclic) bond motifs is 1. The van der Waals surface area contributed by atoms with E-state index in [0.29, 0.717) is 0 Å². The lowest BCUT2D eigenvalue weighted by atomic mass is 10.0. The van der Waals surface area contributed by atoms with Crippen LogP contribution in [0.5, 0.6) is 5.75 Å². The van der Waals surface area contributed by atoms with E-state index in [2.05, 4.69) is 5.48 Å². The van der Waals surface area contributed by atoms with E-state index in [4.69, 9.17) is 9.57 Å². The van der Waals surface area contributed by atoms with E-state index in [0.717, 1.165) is 11.0 Å². The van der Waals surface area contributed by atoms with Gasteiger partial charge in [0.1, 0.15) is 11.4 Å². The number of nitrogens with one attached hydrogen (secondary N) is 1. The average Bonchev–Trinajstić information content (AvgIpc) is 3.28. The van der Waals surface area contributed by atoms with Crippen molar-refractivity contribution in [3.8, 4) is 5.75 Å². The zero-order valence-corrected chi connectivity index (χ0v) is 15.2. The molecule has 12 heteroatoms. The highest BCUT2D eigenvalue weighted by Crippen LogP contribution is 2.40. The molecule has 2 aliphatic rings. The first-order chi connectivity index (χ1) is 14.3. The average molecular weight is 412 g/mol. The van der Waals surface area contributed by atoms with Crippen LogP contribution in [0.25, 0.3) is 5.70 Å². The van der Waals surface area contributed by atoms with Crippen molar-refractivity contribution in [2.45, 2.75) is 6.10 Å². The van der Waals surface area contributed by atoms with Crippen LogP contribution in [0.4, 0.5) is 17.1 Å². The number of methoxy groups -OCH3 is 1. The second kappa shape index (κ2) is 6.93. The van der Waals surface area contributed by atoms with Crippen LogP contribution >= 0.6 is 0 Å². The van der Waals surface area contributed by atoms with E-state index in [1.54, 1.807) is 0 Å². The Morgan fingerprint density at radius 3 is 2.43 bits per heavy atom. The minimum absolute atomic E-state index is 0.0611. The zero-order chi connectivity index (χ0) is 21.6. The third-order valence-corrected chi connectivity index (χ3v) is 4.65. The molecule has 12 nitrogen and oxygen atoms in total. The van der Waals surface area contributed by atoms with Crippen LogP contribution in [0.1, 0.15) is 5.56 Å². The number of hydroxylamine groups is 1. The van der Waals surface area contributed by atoms with E-state index < -0.39 is 27.8 Å². The zero-order valence-electron chi connectivity index (χ0n) is 15.2. The van der Waals surface area contributed by atoms with E-state index in [9.17, 15) is 29.8 Å². The molecule has 0 unspecified atom stereocenters. The summed E-state index contributed by atoms with van der Waals surface area (Å²) in [7, 11) is 1.29. The lowest BCUT2D eigenvalue weighted by molar-refractivity contribution is -0.385. The van der Waals surface area contributed by atoms with Gasteiger partial charge in [-0.25, -0.2) is 4.90 Å². The molecule has 4 rings (SSSR count). The third-order valence-electron chi connectivity index (χ3n) is 4.65. The van der Waals surface area contributed by atoms with Gasteiger partial charge >= 0.3 is 0 Å². The standard InChI is InChI=1S/C18H12N4O8/c1-29-13-6-5-11(22(27)28)8-12(13)20-17(23)14-15(19-30-16(14)18(20)24)9-3-2-4-10(7-9)21(25)26/h2-8,16,19H,1H3/t16-/m1/s1. The molecule has 0 bridgehead atoms. The van der Waals surface area contributed by atoms with E-state index in [1.165, 1.54) is 43.5 Å². The van der Waals surface area contributed by atoms with Crippen LogP contribution in [0.2, 0.25) is 0 Å². The van der Waals surface area contributed by atoms with Crippen LogP contribution in [-0.4, -0.2) is 34.9 Å². The summed E-state index contributed by atoms with van der Waals surface area (Å²) in [5.41, 5.74) is 2.15. The van der Waals surface area contributed by atoms with Crippen molar-refractivity contribution < 1.29 is 29.0 Å². The fraction of sp³-hybridized carbons (Fsp3) is 0.111. The minimum Gasteiger partial charge on any atom is -0.495 e. The number of nitro groups is 2. The Labute approximate surface area is 167 Å². The number of nitrogens with zero attached hydrogens (tertiary/aromatic N) is 3. The predicted molar refractivity (Wildman–Crippen MR) is 100 cm³/mol. The number of non-ortho nitro benzene ring substituents is 2. The smallest absolute Gasteiger partial charge is 0.271 e. The van der Waals surface area contributed by atoms with Crippen molar-refractivity contribution in [2.75, 3.05) is 12.0 Å². The Kier molecular flexibility index (Phi) is 4.39. The molecule has 2 aliphatic heterocycles. The molecule has 0 spiro atoms. The number of hydrogen-bond acceptors (Lipinski definition) is 9. The molecular weight excluding hydrogens is 400 g/mol. The van der Waals surface area contributed by atoms with Crippen molar-refractivity contribution in [3.05, 3.63) is 73.8 Å². The van der Waals surface area contributed by atoms with Gasteiger partial charge in [0.15, 0.2) is 6.10 Å². The second-order valence-corrected chi connectivity index (χ2v) is 6.29. The molecule has 2 aromatic rings. The van der Waals surface area contributed by atoms with Gasteiger partial charge < -0.3 is 4.74 Å². The lowest BCUT2D eigenvalue weighted by Gasteiger charge is -2.18. The first kappa shape index (κ1) is 19.0. The summed E-state index contributed by atoms with van der Waals surface area (Å²) in [5.74, 6) is -1.48. The third kappa shape index (κ3) is 2.82. The molecule has 152 valence electrons. The highest BCUT2D eigenvalue weighted by Gasteiger charge is 2.51. The molecule has 30 heavy (non-hydrogen) atoms. The molecule has 2 heterocycles. The van der Waals surface area contributed by atoms with Crippen molar-refractivity contribution in [1.29, 1.82) is 0 Å². The minimum atomic E-state index is -1.31. The quantitative estimate of drug-likeness (QED) is 0.439. The fourth-order valence-corrected chi connectivity index (χ4v) is 3.28. The van der Waals surface area contributed by atoms with Crippen LogP contribution < -0.4 is 15.1 Å². The number of rotatable bonds is 5. The molecule has 1 saturated heterocycles. The van der Waals surface area contributed by atoms with Crippen LogP contribution in [0.15, 0.2) is 48.0 Å². The molecule has 0 radical (unpaired) electrons. The number of imide groups is 1. The summed E-state index contributed by atoms with van der Waals surface area (Å²) in [5, 5.41) is 22.2. The number of amides is 2. The maximum atomic E-state index is 13.1. The van der Waals surface area contributed by atoms with E-state index >= 15 is 0 Å². The van der Waals surface area contributed by atoms with Gasteiger partial charge in [-0.05, 0) is 6.07 Å². The van der Waals surface area contributed by atoms with Gasteiger partial charge in [-0.3, -0.25) is 40.1 Å². The summed E-state index contributed by atoms with van der Waals surface area (Å²) < 4.78 is 5.15. The Morgan fingerprint density at radius 2 is 1.77 bits per heavy atom. The van der Waals surface area contributed by atoms with Gasteiger partial charge in [0.25, 0.3) is 23.2 Å². The van der Waals surface area contributed by atoms with Crippen LogP contribution in [0, 0.1) is 20.2 Å². The monoisotopic (exact) mass is 412 g/mol. The number of carbonyl (C=O) groups is 2. The van der Waals surface area contributed by atoms with Crippen molar-refractivity contribution >= 4 is 34.6 Å². The first-order valence-corrected chi connectivity index (χ1v) is 8.45. The van der Waals surface area contributed by atoms with Crippen LogP contribution in [-0.2, 0) is 14.4 Å². The van der Waals surface area contributed by atoms with Crippen molar-refractivity contribution in [2.24, 2.45) is 0 Å². The maximum absolute atomic E-state index is 13.1. The molecule has 2 aromatic carbocycles. The molecule has 1 N–H and O–H groups in total. The summed E-state index contributed by atoms with van der Waals surface area (Å²) in [6.07, 6.45) is -1.31. The lowest BCUT2D eigenvalue weighted by Crippen LogP contribution is -2.34. The summed E-state index contributed by atoms with van der Waals surface area (Å²) in [6, 6.07) is 8.97. The van der Waals surface area contributed by atoms with Gasteiger partial charge in [0.05, 0.1) is 28.2 Å². The first-order valence-electron chi connectivity index (χ1n) is 8.45. The Hall–Kier alpha value is -4.32. The van der Waals surface area contributed by atoms with Gasteiger partial charge in [-0.2, -0.15) is 0 Å². The van der Waals surface area contributed by atoms with E-state index in [1.807, 2.05) is 0 Å².